The summed E-state index contributed by atoms with van der Waals surface area (Å²) >= 11 is 7.30. The summed E-state index contributed by atoms with van der Waals surface area (Å²) in [6, 6.07) is 5.44. The average molecular weight is 299 g/mol. The predicted molar refractivity (Wildman–Crippen MR) is 73.8 cm³/mol. The van der Waals surface area contributed by atoms with Crippen LogP contribution in [0.25, 0.3) is 10.2 Å². The molecule has 0 bridgehead atoms. The van der Waals surface area contributed by atoms with E-state index in [1.54, 1.807) is 12.1 Å². The van der Waals surface area contributed by atoms with E-state index in [-0.39, 0.29) is 12.5 Å². The standard InChI is InChI=1S/C12H11ClN2O3S/c13-7-1-2-10-8(5-7)14-12(19-10)15-11(16)9-6-17-3-4-18-9/h1-2,5,9H,3-4,6H2,(H,14,15,16). The van der Waals surface area contributed by atoms with Gasteiger partial charge in [-0.1, -0.05) is 22.9 Å². The van der Waals surface area contributed by atoms with Crippen LogP contribution in [0, 0.1) is 0 Å². The highest BCUT2D eigenvalue weighted by Crippen LogP contribution is 2.28. The maximum absolute atomic E-state index is 11.9. The van der Waals surface area contributed by atoms with Gasteiger partial charge >= 0.3 is 0 Å². The van der Waals surface area contributed by atoms with Crippen LogP contribution in [0.4, 0.5) is 5.13 Å². The molecule has 2 aromatic rings. The van der Waals surface area contributed by atoms with Gasteiger partial charge in [0.15, 0.2) is 11.2 Å². The van der Waals surface area contributed by atoms with E-state index in [4.69, 9.17) is 21.1 Å². The summed E-state index contributed by atoms with van der Waals surface area (Å²) in [6.45, 7) is 1.25. The molecule has 1 fully saturated rings. The molecule has 1 saturated heterocycles. The highest BCUT2D eigenvalue weighted by molar-refractivity contribution is 7.22. The smallest absolute Gasteiger partial charge is 0.257 e. The molecule has 1 atom stereocenters. The number of anilines is 1. The van der Waals surface area contributed by atoms with E-state index >= 15 is 0 Å². The Bertz CT molecular complexity index is 610. The van der Waals surface area contributed by atoms with Crippen LogP contribution in [-0.2, 0) is 14.3 Å². The lowest BCUT2D eigenvalue weighted by Gasteiger charge is -2.21. The SMILES string of the molecule is O=C(Nc1nc2cc(Cl)ccc2s1)C1COCCO1. The molecule has 3 rings (SSSR count). The Balaban J connectivity index is 1.75. The van der Waals surface area contributed by atoms with E-state index < -0.39 is 6.10 Å². The minimum atomic E-state index is -0.565. The number of halogens is 1. The van der Waals surface area contributed by atoms with Gasteiger partial charge in [-0.15, -0.1) is 0 Å². The lowest BCUT2D eigenvalue weighted by atomic mass is 10.3. The second-order valence-electron chi connectivity index (χ2n) is 4.05. The van der Waals surface area contributed by atoms with E-state index in [1.165, 1.54) is 11.3 Å². The van der Waals surface area contributed by atoms with Crippen molar-refractivity contribution in [3.05, 3.63) is 23.2 Å². The Hall–Kier alpha value is -1.21. The molecule has 19 heavy (non-hydrogen) atoms. The van der Waals surface area contributed by atoms with Gasteiger partial charge in [0.25, 0.3) is 5.91 Å². The molecule has 0 spiro atoms. The van der Waals surface area contributed by atoms with Crippen LogP contribution in [0.5, 0.6) is 0 Å². The van der Waals surface area contributed by atoms with Crippen molar-refractivity contribution in [1.29, 1.82) is 0 Å². The second kappa shape index (κ2) is 5.42. The average Bonchev–Trinajstić information content (AvgIpc) is 2.81. The maximum Gasteiger partial charge on any atom is 0.257 e. The minimum absolute atomic E-state index is 0.232. The topological polar surface area (TPSA) is 60.5 Å². The molecule has 1 unspecified atom stereocenters. The number of nitrogens with one attached hydrogen (secondary N) is 1. The zero-order valence-corrected chi connectivity index (χ0v) is 11.5. The Morgan fingerprint density at radius 1 is 1.47 bits per heavy atom. The number of ether oxygens (including phenoxy) is 2. The summed E-state index contributed by atoms with van der Waals surface area (Å²) in [5.74, 6) is -0.232. The van der Waals surface area contributed by atoms with Crippen LogP contribution in [0.3, 0.4) is 0 Å². The first-order valence-electron chi connectivity index (χ1n) is 5.79. The predicted octanol–water partition coefficient (Wildman–Crippen LogP) is 2.30. The van der Waals surface area contributed by atoms with Crippen LogP contribution in [0.15, 0.2) is 18.2 Å². The van der Waals surface area contributed by atoms with Crippen LogP contribution in [-0.4, -0.2) is 36.8 Å². The fraction of sp³-hybridized carbons (Fsp3) is 0.333. The minimum Gasteiger partial charge on any atom is -0.376 e. The molecule has 0 radical (unpaired) electrons. The number of carbonyl (C=O) groups is 1. The van der Waals surface area contributed by atoms with E-state index in [0.717, 1.165) is 10.2 Å². The number of aromatic nitrogens is 1. The van der Waals surface area contributed by atoms with Crippen molar-refractivity contribution in [2.24, 2.45) is 0 Å². The first-order chi connectivity index (χ1) is 9.22. The molecule has 1 aliphatic heterocycles. The molecule has 100 valence electrons. The third kappa shape index (κ3) is 2.87. The number of nitrogens with zero attached hydrogens (tertiary/aromatic N) is 1. The van der Waals surface area contributed by atoms with Gasteiger partial charge in [0.2, 0.25) is 0 Å². The summed E-state index contributed by atoms with van der Waals surface area (Å²) in [5.41, 5.74) is 0.772. The van der Waals surface area contributed by atoms with Crippen molar-refractivity contribution in [2.75, 3.05) is 25.1 Å². The number of fused-ring (bicyclic) bond motifs is 1. The van der Waals surface area contributed by atoms with Gasteiger partial charge in [0.1, 0.15) is 0 Å². The molecule has 1 aromatic heterocycles. The highest BCUT2D eigenvalue weighted by Gasteiger charge is 2.23. The van der Waals surface area contributed by atoms with Crippen molar-refractivity contribution in [3.63, 3.8) is 0 Å². The van der Waals surface area contributed by atoms with Crippen molar-refractivity contribution >= 4 is 44.2 Å². The third-order valence-corrected chi connectivity index (χ3v) is 3.88. The fourth-order valence-corrected chi connectivity index (χ4v) is 2.79. The number of thiazole rings is 1. The quantitative estimate of drug-likeness (QED) is 0.924. The highest BCUT2D eigenvalue weighted by atomic mass is 35.5. The molecule has 2 heterocycles. The Kier molecular flexibility index (Phi) is 3.65. The largest absolute Gasteiger partial charge is 0.376 e. The number of amides is 1. The van der Waals surface area contributed by atoms with Crippen LogP contribution in [0.1, 0.15) is 0 Å². The summed E-state index contributed by atoms with van der Waals surface area (Å²) in [7, 11) is 0. The number of hydrogen-bond acceptors (Lipinski definition) is 5. The van der Waals surface area contributed by atoms with Gasteiger partial charge in [0, 0.05) is 5.02 Å². The Morgan fingerprint density at radius 2 is 2.37 bits per heavy atom. The number of carbonyl (C=O) groups excluding carboxylic acids is 1. The Labute approximate surface area is 118 Å². The number of rotatable bonds is 2. The molecule has 5 nitrogen and oxygen atoms in total. The van der Waals surface area contributed by atoms with E-state index in [0.29, 0.717) is 23.4 Å². The number of hydrogen-bond donors (Lipinski definition) is 1. The van der Waals surface area contributed by atoms with Gasteiger partial charge in [-0.05, 0) is 18.2 Å². The van der Waals surface area contributed by atoms with E-state index in [9.17, 15) is 4.79 Å². The molecule has 0 saturated carbocycles. The first-order valence-corrected chi connectivity index (χ1v) is 6.98. The Morgan fingerprint density at radius 3 is 3.16 bits per heavy atom. The third-order valence-electron chi connectivity index (χ3n) is 2.69. The molecule has 1 aromatic carbocycles. The summed E-state index contributed by atoms with van der Waals surface area (Å²) < 4.78 is 11.5. The summed E-state index contributed by atoms with van der Waals surface area (Å²) in [6.07, 6.45) is -0.565. The molecule has 1 N–H and O–H groups in total. The monoisotopic (exact) mass is 298 g/mol. The summed E-state index contributed by atoms with van der Waals surface area (Å²) in [4.78, 5) is 16.2. The molecule has 0 aliphatic carbocycles. The normalized spacial score (nSPS) is 19.5. The summed E-state index contributed by atoms with van der Waals surface area (Å²) in [5, 5.41) is 3.90. The zero-order valence-electron chi connectivity index (χ0n) is 9.89. The van der Waals surface area contributed by atoms with Crippen molar-refractivity contribution in [2.45, 2.75) is 6.10 Å². The molecule has 1 amide bonds. The molecular weight excluding hydrogens is 288 g/mol. The van der Waals surface area contributed by atoms with Gasteiger partial charge in [-0.25, -0.2) is 4.98 Å². The van der Waals surface area contributed by atoms with Crippen LogP contribution >= 0.6 is 22.9 Å². The van der Waals surface area contributed by atoms with Gasteiger partial charge in [0.05, 0.1) is 30.0 Å². The van der Waals surface area contributed by atoms with E-state index in [1.807, 2.05) is 6.07 Å². The lowest BCUT2D eigenvalue weighted by molar-refractivity contribution is -0.142. The molecule has 1 aliphatic rings. The molecular formula is C12H11ClN2O3S. The van der Waals surface area contributed by atoms with Crippen LogP contribution in [0.2, 0.25) is 5.02 Å². The van der Waals surface area contributed by atoms with Gasteiger partial charge in [-0.3, -0.25) is 10.1 Å². The second-order valence-corrected chi connectivity index (χ2v) is 5.52. The first kappa shape index (κ1) is 12.8. The molecule has 7 heteroatoms. The zero-order chi connectivity index (χ0) is 13.2. The van der Waals surface area contributed by atoms with Gasteiger partial charge in [-0.2, -0.15) is 0 Å². The van der Waals surface area contributed by atoms with Crippen molar-refractivity contribution < 1.29 is 14.3 Å². The van der Waals surface area contributed by atoms with Crippen molar-refractivity contribution in [1.82, 2.24) is 4.98 Å². The fourth-order valence-electron chi connectivity index (χ4n) is 1.78. The van der Waals surface area contributed by atoms with E-state index in [2.05, 4.69) is 10.3 Å². The lowest BCUT2D eigenvalue weighted by Crippen LogP contribution is -2.39. The van der Waals surface area contributed by atoms with Crippen molar-refractivity contribution in [3.8, 4) is 0 Å². The van der Waals surface area contributed by atoms with Gasteiger partial charge < -0.3 is 9.47 Å². The van der Waals surface area contributed by atoms with Crippen LogP contribution < -0.4 is 5.32 Å². The number of benzene rings is 1. The maximum atomic E-state index is 11.9.